The molecule has 184 valence electrons. The summed E-state index contributed by atoms with van der Waals surface area (Å²) in [5.41, 5.74) is 1.41. The van der Waals surface area contributed by atoms with Gasteiger partial charge in [-0.3, -0.25) is 14.9 Å². The molecule has 0 fully saturated rings. The average Bonchev–Trinajstić information content (AvgIpc) is 2.77. The van der Waals surface area contributed by atoms with E-state index in [9.17, 15) is 24.5 Å². The second-order valence-electron chi connectivity index (χ2n) is 8.39. The molecule has 1 aromatic carbocycles. The number of benzene rings is 1. The Bertz CT molecular complexity index is 1040. The molecule has 1 aliphatic heterocycles. The zero-order chi connectivity index (χ0) is 25.6. The molecule has 2 atom stereocenters. The Balaban J connectivity index is 2.60. The third-order valence-electron chi connectivity index (χ3n) is 5.41. The average molecular weight is 474 g/mol. The van der Waals surface area contributed by atoms with Crippen LogP contribution in [0.4, 0.5) is 5.69 Å². The summed E-state index contributed by atoms with van der Waals surface area (Å²) in [6.45, 7) is 9.00. The summed E-state index contributed by atoms with van der Waals surface area (Å²) in [7, 11) is 1.22. The number of dihydropyridines is 1. The number of methoxy groups -OCH3 is 1. The van der Waals surface area contributed by atoms with Crippen molar-refractivity contribution in [2.24, 2.45) is 5.92 Å². The monoisotopic (exact) mass is 473 g/mol. The van der Waals surface area contributed by atoms with E-state index in [0.29, 0.717) is 23.4 Å². The van der Waals surface area contributed by atoms with E-state index in [1.165, 1.54) is 25.3 Å². The van der Waals surface area contributed by atoms with Crippen LogP contribution in [-0.4, -0.2) is 42.5 Å². The highest BCUT2D eigenvalue weighted by Gasteiger charge is 2.38. The van der Waals surface area contributed by atoms with Crippen molar-refractivity contribution in [3.8, 4) is 0 Å². The molecular weight excluding hydrogens is 442 g/mol. The van der Waals surface area contributed by atoms with Crippen molar-refractivity contribution in [2.45, 2.75) is 53.0 Å². The van der Waals surface area contributed by atoms with Gasteiger partial charge in [0, 0.05) is 29.1 Å². The number of hydrogen-bond donors (Lipinski definition) is 2. The van der Waals surface area contributed by atoms with Crippen molar-refractivity contribution in [1.29, 1.82) is 0 Å². The molecule has 1 aromatic rings. The first-order valence-electron chi connectivity index (χ1n) is 11.0. The van der Waals surface area contributed by atoms with E-state index in [-0.39, 0.29) is 29.4 Å². The SMILES string of the molecule is CCOC(=O)[C@@H](CC(C)C)NC(=O)C1=C(C)NC(C)=C(C(=O)OC)[C@@H]1c1cccc([N+](=O)[O-])c1. The number of nitro benzene ring substituents is 1. The Hall–Kier alpha value is -3.69. The fraction of sp³-hybridized carbons (Fsp3) is 0.458. The van der Waals surface area contributed by atoms with Crippen molar-refractivity contribution < 1.29 is 28.8 Å². The number of esters is 2. The van der Waals surface area contributed by atoms with Crippen LogP contribution in [0.5, 0.6) is 0 Å². The maximum absolute atomic E-state index is 13.5. The van der Waals surface area contributed by atoms with E-state index in [0.717, 1.165) is 0 Å². The molecule has 0 saturated heterocycles. The van der Waals surface area contributed by atoms with Crippen LogP contribution in [0.2, 0.25) is 0 Å². The number of ether oxygens (including phenoxy) is 2. The lowest BCUT2D eigenvalue weighted by atomic mass is 9.79. The standard InChI is InChI=1S/C24H31N3O7/c1-7-34-23(29)18(11-13(2)3)26-22(28)19-14(4)25-15(5)20(24(30)33-6)21(19)16-9-8-10-17(12-16)27(31)32/h8-10,12-13,18,21,25H,7,11H2,1-6H3,(H,26,28)/t18-,21-/m1/s1. The first kappa shape index (κ1) is 26.6. The lowest BCUT2D eigenvalue weighted by Gasteiger charge is -2.31. The zero-order valence-corrected chi connectivity index (χ0v) is 20.3. The van der Waals surface area contributed by atoms with Gasteiger partial charge in [0.15, 0.2) is 0 Å². The topological polar surface area (TPSA) is 137 Å². The summed E-state index contributed by atoms with van der Waals surface area (Å²) in [6.07, 6.45) is 0.352. The third kappa shape index (κ3) is 6.00. The van der Waals surface area contributed by atoms with E-state index >= 15 is 0 Å². The minimum Gasteiger partial charge on any atom is -0.466 e. The predicted octanol–water partition coefficient (Wildman–Crippen LogP) is 3.10. The molecule has 10 nitrogen and oxygen atoms in total. The number of amides is 1. The summed E-state index contributed by atoms with van der Waals surface area (Å²) in [5.74, 6) is -2.68. The molecule has 1 aliphatic rings. The smallest absolute Gasteiger partial charge is 0.336 e. The summed E-state index contributed by atoms with van der Waals surface area (Å²) in [4.78, 5) is 49.6. The lowest BCUT2D eigenvalue weighted by molar-refractivity contribution is -0.384. The van der Waals surface area contributed by atoms with Crippen LogP contribution in [0.25, 0.3) is 0 Å². The number of nitro groups is 1. The molecule has 2 rings (SSSR count). The summed E-state index contributed by atoms with van der Waals surface area (Å²) in [6, 6.07) is 4.85. The van der Waals surface area contributed by atoms with Gasteiger partial charge in [-0.25, -0.2) is 9.59 Å². The number of nitrogens with one attached hydrogen (secondary N) is 2. The zero-order valence-electron chi connectivity index (χ0n) is 20.3. The fourth-order valence-electron chi connectivity index (χ4n) is 3.99. The summed E-state index contributed by atoms with van der Waals surface area (Å²) < 4.78 is 10.1. The number of hydrogen-bond acceptors (Lipinski definition) is 8. The molecule has 2 N–H and O–H groups in total. The Labute approximate surface area is 198 Å². The number of rotatable bonds is 9. The molecular formula is C24H31N3O7. The minimum absolute atomic E-state index is 0.0922. The van der Waals surface area contributed by atoms with E-state index < -0.39 is 34.7 Å². The Kier molecular flexibility index (Phi) is 8.94. The molecule has 1 amide bonds. The minimum atomic E-state index is -0.949. The van der Waals surface area contributed by atoms with Crippen LogP contribution < -0.4 is 10.6 Å². The van der Waals surface area contributed by atoms with Gasteiger partial charge in [-0.15, -0.1) is 0 Å². The van der Waals surface area contributed by atoms with Crippen LogP contribution in [0.1, 0.15) is 52.5 Å². The van der Waals surface area contributed by atoms with Gasteiger partial charge in [0.25, 0.3) is 11.6 Å². The molecule has 10 heteroatoms. The van der Waals surface area contributed by atoms with Crippen LogP contribution in [0, 0.1) is 16.0 Å². The van der Waals surface area contributed by atoms with Gasteiger partial charge in [0.1, 0.15) is 6.04 Å². The van der Waals surface area contributed by atoms with Crippen LogP contribution >= 0.6 is 0 Å². The normalized spacial score (nSPS) is 16.6. The highest BCUT2D eigenvalue weighted by atomic mass is 16.6. The van der Waals surface area contributed by atoms with Crippen molar-refractivity contribution in [3.63, 3.8) is 0 Å². The predicted molar refractivity (Wildman–Crippen MR) is 124 cm³/mol. The second kappa shape index (κ2) is 11.4. The van der Waals surface area contributed by atoms with Gasteiger partial charge in [0.2, 0.25) is 0 Å². The van der Waals surface area contributed by atoms with Crippen molar-refractivity contribution in [3.05, 3.63) is 62.5 Å². The largest absolute Gasteiger partial charge is 0.466 e. The second-order valence-corrected chi connectivity index (χ2v) is 8.39. The Morgan fingerprint density at radius 1 is 1.18 bits per heavy atom. The first-order valence-corrected chi connectivity index (χ1v) is 11.0. The van der Waals surface area contributed by atoms with Gasteiger partial charge in [-0.2, -0.15) is 0 Å². The number of carbonyl (C=O) groups excluding carboxylic acids is 3. The molecule has 0 aliphatic carbocycles. The number of carbonyl (C=O) groups is 3. The van der Waals surface area contributed by atoms with E-state index in [1.807, 2.05) is 13.8 Å². The van der Waals surface area contributed by atoms with E-state index in [4.69, 9.17) is 9.47 Å². The molecule has 1 heterocycles. The lowest BCUT2D eigenvalue weighted by Crippen LogP contribution is -2.45. The maximum atomic E-state index is 13.5. The van der Waals surface area contributed by atoms with E-state index in [2.05, 4.69) is 10.6 Å². The summed E-state index contributed by atoms with van der Waals surface area (Å²) >= 11 is 0. The highest BCUT2D eigenvalue weighted by molar-refractivity contribution is 6.03. The Morgan fingerprint density at radius 3 is 2.38 bits per heavy atom. The molecule has 0 saturated carbocycles. The van der Waals surface area contributed by atoms with Crippen molar-refractivity contribution >= 4 is 23.5 Å². The van der Waals surface area contributed by atoms with Crippen molar-refractivity contribution in [1.82, 2.24) is 10.6 Å². The molecule has 0 bridgehead atoms. The van der Waals surface area contributed by atoms with Crippen LogP contribution in [0.3, 0.4) is 0 Å². The van der Waals surface area contributed by atoms with Gasteiger partial charge in [-0.05, 0) is 38.7 Å². The van der Waals surface area contributed by atoms with Gasteiger partial charge in [-0.1, -0.05) is 26.0 Å². The van der Waals surface area contributed by atoms with Gasteiger partial charge in [0.05, 0.1) is 30.1 Å². The molecule has 0 radical (unpaired) electrons. The summed E-state index contributed by atoms with van der Waals surface area (Å²) in [5, 5.41) is 17.2. The molecule has 0 unspecified atom stereocenters. The molecule has 0 aromatic heterocycles. The van der Waals surface area contributed by atoms with Crippen molar-refractivity contribution in [2.75, 3.05) is 13.7 Å². The van der Waals surface area contributed by atoms with Crippen LogP contribution in [-0.2, 0) is 23.9 Å². The van der Waals surface area contributed by atoms with E-state index in [1.54, 1.807) is 26.8 Å². The quantitative estimate of drug-likeness (QED) is 0.317. The maximum Gasteiger partial charge on any atom is 0.336 e. The third-order valence-corrected chi connectivity index (χ3v) is 5.41. The fourth-order valence-corrected chi connectivity index (χ4v) is 3.99. The Morgan fingerprint density at radius 2 is 1.82 bits per heavy atom. The number of allylic oxidation sites excluding steroid dienone is 2. The number of nitrogens with zero attached hydrogens (tertiary/aromatic N) is 1. The molecule has 34 heavy (non-hydrogen) atoms. The van der Waals surface area contributed by atoms with Crippen LogP contribution in [0.15, 0.2) is 46.8 Å². The highest BCUT2D eigenvalue weighted by Crippen LogP contribution is 2.39. The molecule has 0 spiro atoms. The number of non-ortho nitro benzene ring substituents is 1. The first-order chi connectivity index (χ1) is 16.0. The van der Waals surface area contributed by atoms with Gasteiger partial charge >= 0.3 is 11.9 Å². The van der Waals surface area contributed by atoms with Gasteiger partial charge < -0.3 is 20.1 Å².